The highest BCUT2D eigenvalue weighted by molar-refractivity contribution is 6.08. The van der Waals surface area contributed by atoms with Crippen molar-refractivity contribution in [1.82, 2.24) is 9.78 Å². The van der Waals surface area contributed by atoms with Crippen molar-refractivity contribution in [2.75, 3.05) is 0 Å². The highest BCUT2D eigenvalue weighted by Crippen LogP contribution is 2.17. The maximum atomic E-state index is 12.4. The molecule has 2 aromatic rings. The molecule has 1 heterocycles. The molecular formula is C15H18N2O2. The van der Waals surface area contributed by atoms with Crippen LogP contribution in [0.25, 0.3) is 0 Å². The van der Waals surface area contributed by atoms with E-state index in [0.717, 1.165) is 0 Å². The molecule has 0 fully saturated rings. The Kier molecular flexibility index (Phi) is 4.00. The Morgan fingerprint density at radius 3 is 2.84 bits per heavy atom. The van der Waals surface area contributed by atoms with Gasteiger partial charge in [-0.1, -0.05) is 12.1 Å². The summed E-state index contributed by atoms with van der Waals surface area (Å²) < 4.78 is 7.30. The fraction of sp³-hybridized carbons (Fsp3) is 0.333. The first-order valence-corrected chi connectivity index (χ1v) is 6.45. The van der Waals surface area contributed by atoms with E-state index in [4.69, 9.17) is 4.74 Å². The molecule has 19 heavy (non-hydrogen) atoms. The van der Waals surface area contributed by atoms with E-state index in [-0.39, 0.29) is 11.9 Å². The molecule has 0 spiro atoms. The van der Waals surface area contributed by atoms with Crippen LogP contribution in [0.5, 0.6) is 5.75 Å². The molecule has 0 aliphatic rings. The van der Waals surface area contributed by atoms with Crippen molar-refractivity contribution in [3.05, 3.63) is 47.8 Å². The van der Waals surface area contributed by atoms with Gasteiger partial charge in [0.15, 0.2) is 0 Å². The number of hydrogen-bond donors (Lipinski definition) is 0. The molecule has 0 atom stereocenters. The number of carbonyl (C=O) groups excluding carboxylic acids is 1. The van der Waals surface area contributed by atoms with Gasteiger partial charge in [-0.05, 0) is 39.0 Å². The van der Waals surface area contributed by atoms with Crippen LogP contribution in [0, 0.1) is 0 Å². The zero-order valence-electron chi connectivity index (χ0n) is 11.5. The highest BCUT2D eigenvalue weighted by Gasteiger charge is 2.14. The Balaban J connectivity index is 2.29. The summed E-state index contributed by atoms with van der Waals surface area (Å²) in [6.07, 6.45) is 1.73. The van der Waals surface area contributed by atoms with Gasteiger partial charge < -0.3 is 4.74 Å². The van der Waals surface area contributed by atoms with Crippen LogP contribution in [-0.2, 0) is 6.54 Å². The normalized spacial score (nSPS) is 10.7. The molecule has 0 aliphatic heterocycles. The van der Waals surface area contributed by atoms with Gasteiger partial charge >= 0.3 is 0 Å². The fourth-order valence-electron chi connectivity index (χ4n) is 1.91. The van der Waals surface area contributed by atoms with E-state index < -0.39 is 0 Å². The number of hydrogen-bond acceptors (Lipinski definition) is 3. The third-order valence-corrected chi connectivity index (χ3v) is 2.72. The number of rotatable bonds is 5. The lowest BCUT2D eigenvalue weighted by atomic mass is 10.1. The predicted octanol–water partition coefficient (Wildman–Crippen LogP) is 2.92. The molecule has 0 N–H and O–H groups in total. The Hall–Kier alpha value is -2.10. The molecule has 0 unspecified atom stereocenters. The largest absolute Gasteiger partial charge is 0.491 e. The van der Waals surface area contributed by atoms with Gasteiger partial charge in [-0.15, -0.1) is 0 Å². The molecule has 0 radical (unpaired) electrons. The van der Waals surface area contributed by atoms with E-state index in [2.05, 4.69) is 5.10 Å². The second-order valence-electron chi connectivity index (χ2n) is 4.56. The van der Waals surface area contributed by atoms with Gasteiger partial charge in [-0.25, -0.2) is 0 Å². The first-order chi connectivity index (χ1) is 9.11. The quantitative estimate of drug-likeness (QED) is 0.774. The fourth-order valence-corrected chi connectivity index (χ4v) is 1.91. The first kappa shape index (κ1) is 13.3. The minimum absolute atomic E-state index is 0.0337. The summed E-state index contributed by atoms with van der Waals surface area (Å²) in [5, 5.41) is 4.12. The predicted molar refractivity (Wildman–Crippen MR) is 73.5 cm³/mol. The molecular weight excluding hydrogens is 240 g/mol. The van der Waals surface area contributed by atoms with Crippen LogP contribution in [-0.4, -0.2) is 21.7 Å². The topological polar surface area (TPSA) is 44.1 Å². The van der Waals surface area contributed by atoms with Crippen molar-refractivity contribution in [3.63, 3.8) is 0 Å². The lowest BCUT2D eigenvalue weighted by Gasteiger charge is -2.10. The van der Waals surface area contributed by atoms with E-state index in [0.29, 0.717) is 23.6 Å². The second-order valence-corrected chi connectivity index (χ2v) is 4.56. The van der Waals surface area contributed by atoms with E-state index in [1.807, 2.05) is 32.9 Å². The number of aryl methyl sites for hydroxylation is 1. The van der Waals surface area contributed by atoms with Gasteiger partial charge in [-0.2, -0.15) is 5.10 Å². The van der Waals surface area contributed by atoms with Crippen LogP contribution in [0.2, 0.25) is 0 Å². The summed E-state index contributed by atoms with van der Waals surface area (Å²) in [6.45, 7) is 6.56. The summed E-state index contributed by atoms with van der Waals surface area (Å²) in [5.74, 6) is 0.678. The second kappa shape index (κ2) is 5.69. The van der Waals surface area contributed by atoms with Crippen LogP contribution < -0.4 is 4.74 Å². The number of nitrogens with zero attached hydrogens (tertiary/aromatic N) is 2. The molecule has 1 aromatic carbocycles. The summed E-state index contributed by atoms with van der Waals surface area (Å²) in [4.78, 5) is 12.4. The van der Waals surface area contributed by atoms with Crippen LogP contribution >= 0.6 is 0 Å². The molecule has 100 valence electrons. The summed E-state index contributed by atoms with van der Waals surface area (Å²) in [5.41, 5.74) is 1.22. The molecule has 0 amide bonds. The molecule has 1 aromatic heterocycles. The maximum Gasteiger partial charge on any atom is 0.211 e. The van der Waals surface area contributed by atoms with E-state index >= 15 is 0 Å². The molecule has 0 saturated heterocycles. The smallest absolute Gasteiger partial charge is 0.211 e. The summed E-state index contributed by atoms with van der Waals surface area (Å²) in [7, 11) is 0. The van der Waals surface area contributed by atoms with Crippen LogP contribution in [0.4, 0.5) is 0 Å². The standard InChI is InChI=1S/C15H18N2O2/c1-4-17-14(8-9-16-17)15(18)12-6-5-7-13(10-12)19-11(2)3/h5-11H,4H2,1-3H3. The maximum absolute atomic E-state index is 12.4. The van der Waals surface area contributed by atoms with Crippen molar-refractivity contribution in [2.24, 2.45) is 0 Å². The number of carbonyl (C=O) groups is 1. The van der Waals surface area contributed by atoms with Gasteiger partial charge in [0, 0.05) is 18.3 Å². The molecule has 0 saturated carbocycles. The van der Waals surface area contributed by atoms with Crippen molar-refractivity contribution in [1.29, 1.82) is 0 Å². The number of aromatic nitrogens is 2. The van der Waals surface area contributed by atoms with E-state index in [1.165, 1.54) is 0 Å². The highest BCUT2D eigenvalue weighted by atomic mass is 16.5. The van der Waals surface area contributed by atoms with E-state index in [1.54, 1.807) is 29.1 Å². The van der Waals surface area contributed by atoms with Crippen molar-refractivity contribution >= 4 is 5.78 Å². The minimum Gasteiger partial charge on any atom is -0.491 e. The van der Waals surface area contributed by atoms with E-state index in [9.17, 15) is 4.79 Å². The number of benzene rings is 1. The average molecular weight is 258 g/mol. The minimum atomic E-state index is -0.0337. The van der Waals surface area contributed by atoms with Crippen LogP contribution in [0.1, 0.15) is 36.8 Å². The first-order valence-electron chi connectivity index (χ1n) is 6.45. The van der Waals surface area contributed by atoms with Gasteiger partial charge in [0.1, 0.15) is 11.4 Å². The lowest BCUT2D eigenvalue weighted by Crippen LogP contribution is -2.11. The summed E-state index contributed by atoms with van der Waals surface area (Å²) >= 11 is 0. The molecule has 4 nitrogen and oxygen atoms in total. The van der Waals surface area contributed by atoms with Crippen molar-refractivity contribution < 1.29 is 9.53 Å². The Morgan fingerprint density at radius 1 is 1.37 bits per heavy atom. The van der Waals surface area contributed by atoms with Gasteiger partial charge in [-0.3, -0.25) is 9.48 Å². The Bertz CT molecular complexity index is 573. The van der Waals surface area contributed by atoms with Crippen LogP contribution in [0.15, 0.2) is 36.5 Å². The van der Waals surface area contributed by atoms with Crippen molar-refractivity contribution in [3.8, 4) is 5.75 Å². The summed E-state index contributed by atoms with van der Waals surface area (Å²) in [6, 6.07) is 8.99. The monoisotopic (exact) mass is 258 g/mol. The average Bonchev–Trinajstić information content (AvgIpc) is 2.85. The van der Waals surface area contributed by atoms with Crippen LogP contribution in [0.3, 0.4) is 0 Å². The Labute approximate surface area is 113 Å². The molecule has 4 heteroatoms. The van der Waals surface area contributed by atoms with Crippen molar-refractivity contribution in [2.45, 2.75) is 33.4 Å². The lowest BCUT2D eigenvalue weighted by molar-refractivity contribution is 0.102. The third-order valence-electron chi connectivity index (χ3n) is 2.72. The SMILES string of the molecule is CCn1nccc1C(=O)c1cccc(OC(C)C)c1. The Morgan fingerprint density at radius 2 is 2.16 bits per heavy atom. The zero-order valence-corrected chi connectivity index (χ0v) is 11.5. The number of ketones is 1. The molecule has 0 aliphatic carbocycles. The zero-order chi connectivity index (χ0) is 13.8. The number of ether oxygens (including phenoxy) is 1. The third kappa shape index (κ3) is 3.02. The molecule has 2 rings (SSSR count). The van der Waals surface area contributed by atoms with Gasteiger partial charge in [0.25, 0.3) is 0 Å². The van der Waals surface area contributed by atoms with Gasteiger partial charge in [0.2, 0.25) is 5.78 Å². The molecule has 0 bridgehead atoms. The van der Waals surface area contributed by atoms with Gasteiger partial charge in [0.05, 0.1) is 6.10 Å².